The summed E-state index contributed by atoms with van der Waals surface area (Å²) in [6.07, 6.45) is 0.874. The molecule has 0 aliphatic carbocycles. The van der Waals surface area contributed by atoms with E-state index in [1.807, 2.05) is 33.8 Å². The van der Waals surface area contributed by atoms with Gasteiger partial charge < -0.3 is 14.8 Å². The van der Waals surface area contributed by atoms with E-state index in [4.69, 9.17) is 9.47 Å². The Bertz CT molecular complexity index is 1330. The van der Waals surface area contributed by atoms with Gasteiger partial charge in [0.25, 0.3) is 15.9 Å². The number of fused-ring (bicyclic) bond motifs is 1. The van der Waals surface area contributed by atoms with E-state index in [-0.39, 0.29) is 16.9 Å². The summed E-state index contributed by atoms with van der Waals surface area (Å²) < 4.78 is 39.5. The molecule has 0 fully saturated rings. The van der Waals surface area contributed by atoms with Crippen LogP contribution in [0.5, 0.6) is 11.5 Å². The molecule has 7 nitrogen and oxygen atoms in total. The average molecular weight is 481 g/mol. The molecule has 0 radical (unpaired) electrons. The zero-order chi connectivity index (χ0) is 24.5. The Labute approximate surface area is 200 Å². The van der Waals surface area contributed by atoms with Gasteiger partial charge in [0, 0.05) is 29.3 Å². The van der Waals surface area contributed by atoms with Gasteiger partial charge in [-0.05, 0) is 81.3 Å². The summed E-state index contributed by atoms with van der Waals surface area (Å²) in [5.41, 5.74) is 4.24. The second-order valence-electron chi connectivity index (χ2n) is 8.40. The van der Waals surface area contributed by atoms with Gasteiger partial charge in [0.05, 0.1) is 17.2 Å². The molecule has 1 unspecified atom stereocenters. The van der Waals surface area contributed by atoms with Gasteiger partial charge in [-0.15, -0.1) is 0 Å². The van der Waals surface area contributed by atoms with Crippen LogP contribution in [0.25, 0.3) is 0 Å². The number of aryl methyl sites for hydroxylation is 2. The predicted molar refractivity (Wildman–Crippen MR) is 133 cm³/mol. The van der Waals surface area contributed by atoms with Gasteiger partial charge in [0.2, 0.25) is 0 Å². The van der Waals surface area contributed by atoms with Crippen molar-refractivity contribution in [3.63, 3.8) is 0 Å². The maximum absolute atomic E-state index is 12.9. The van der Waals surface area contributed by atoms with Crippen molar-refractivity contribution < 1.29 is 22.7 Å². The summed E-state index contributed by atoms with van der Waals surface area (Å²) in [5, 5.41) is 2.88. The molecule has 1 atom stereocenters. The fourth-order valence-electron chi connectivity index (χ4n) is 3.79. The van der Waals surface area contributed by atoms with Gasteiger partial charge in [0.15, 0.2) is 0 Å². The minimum absolute atomic E-state index is 0.0792. The first kappa shape index (κ1) is 23.6. The van der Waals surface area contributed by atoms with Crippen molar-refractivity contribution in [2.45, 2.75) is 45.1 Å². The summed E-state index contributed by atoms with van der Waals surface area (Å²) >= 11 is 0. The lowest BCUT2D eigenvalue weighted by atomic mass is 10.1. The summed E-state index contributed by atoms with van der Waals surface area (Å²) in [6, 6.07) is 14.9. The monoisotopic (exact) mass is 480 g/mol. The highest BCUT2D eigenvalue weighted by Crippen LogP contribution is 2.38. The SMILES string of the molecule is CCOc1cc2c(cc1NC(=O)c1ccc(NS(=O)(=O)c3ccc(C)c(C)c3)cc1)OC(C)C2. The molecule has 1 aliphatic heterocycles. The highest BCUT2D eigenvalue weighted by Gasteiger charge is 2.23. The first-order valence-electron chi connectivity index (χ1n) is 11.1. The van der Waals surface area contributed by atoms with Crippen molar-refractivity contribution in [3.05, 3.63) is 76.9 Å². The number of carbonyl (C=O) groups excluding carboxylic acids is 1. The Balaban J connectivity index is 1.50. The van der Waals surface area contributed by atoms with Crippen LogP contribution < -0.4 is 19.5 Å². The van der Waals surface area contributed by atoms with Crippen LogP contribution in [0.3, 0.4) is 0 Å². The van der Waals surface area contributed by atoms with E-state index in [9.17, 15) is 13.2 Å². The molecule has 2 N–H and O–H groups in total. The Morgan fingerprint density at radius 1 is 1.06 bits per heavy atom. The number of nitrogens with one attached hydrogen (secondary N) is 2. The molecular weight excluding hydrogens is 452 g/mol. The molecule has 8 heteroatoms. The molecule has 1 heterocycles. The highest BCUT2D eigenvalue weighted by molar-refractivity contribution is 7.92. The van der Waals surface area contributed by atoms with Crippen LogP contribution in [-0.2, 0) is 16.4 Å². The van der Waals surface area contributed by atoms with E-state index in [1.165, 1.54) is 0 Å². The van der Waals surface area contributed by atoms with Crippen LogP contribution in [-0.4, -0.2) is 27.0 Å². The maximum Gasteiger partial charge on any atom is 0.261 e. The van der Waals surface area contributed by atoms with Crippen LogP contribution in [0.2, 0.25) is 0 Å². The molecule has 0 saturated carbocycles. The van der Waals surface area contributed by atoms with Crippen molar-refractivity contribution in [1.82, 2.24) is 0 Å². The van der Waals surface area contributed by atoms with E-state index in [1.54, 1.807) is 48.5 Å². The fraction of sp³-hybridized carbons (Fsp3) is 0.269. The number of benzene rings is 3. The molecule has 3 aromatic carbocycles. The number of carbonyl (C=O) groups is 1. The average Bonchev–Trinajstić information content (AvgIpc) is 3.15. The molecule has 4 rings (SSSR count). The van der Waals surface area contributed by atoms with Gasteiger partial charge in [-0.25, -0.2) is 8.42 Å². The van der Waals surface area contributed by atoms with Crippen molar-refractivity contribution in [2.24, 2.45) is 0 Å². The molecular formula is C26H28N2O5S. The van der Waals surface area contributed by atoms with E-state index < -0.39 is 10.0 Å². The van der Waals surface area contributed by atoms with Crippen molar-refractivity contribution in [2.75, 3.05) is 16.6 Å². The fourth-order valence-corrected chi connectivity index (χ4v) is 4.93. The lowest BCUT2D eigenvalue weighted by Gasteiger charge is -2.14. The Morgan fingerprint density at radius 2 is 1.79 bits per heavy atom. The summed E-state index contributed by atoms with van der Waals surface area (Å²) in [5.74, 6) is 0.989. The van der Waals surface area contributed by atoms with E-state index in [0.29, 0.717) is 29.3 Å². The molecule has 0 aromatic heterocycles. The van der Waals surface area contributed by atoms with Gasteiger partial charge >= 0.3 is 0 Å². The third kappa shape index (κ3) is 5.02. The molecule has 3 aromatic rings. The number of sulfonamides is 1. The van der Waals surface area contributed by atoms with E-state index in [0.717, 1.165) is 28.9 Å². The van der Waals surface area contributed by atoms with Crippen molar-refractivity contribution in [1.29, 1.82) is 0 Å². The number of rotatable bonds is 7. The molecule has 1 aliphatic rings. The van der Waals surface area contributed by atoms with Crippen LogP contribution in [0.4, 0.5) is 11.4 Å². The van der Waals surface area contributed by atoms with E-state index >= 15 is 0 Å². The van der Waals surface area contributed by atoms with Gasteiger partial charge in [-0.1, -0.05) is 6.07 Å². The van der Waals surface area contributed by atoms with Gasteiger partial charge in [0.1, 0.15) is 17.6 Å². The molecule has 0 saturated heterocycles. The normalized spacial score (nSPS) is 14.8. The summed E-state index contributed by atoms with van der Waals surface area (Å²) in [7, 11) is -3.74. The molecule has 1 amide bonds. The largest absolute Gasteiger partial charge is 0.492 e. The lowest BCUT2D eigenvalue weighted by Crippen LogP contribution is -2.15. The molecule has 34 heavy (non-hydrogen) atoms. The lowest BCUT2D eigenvalue weighted by molar-refractivity contribution is 0.102. The Morgan fingerprint density at radius 3 is 2.47 bits per heavy atom. The first-order valence-corrected chi connectivity index (χ1v) is 12.6. The number of amides is 1. The van der Waals surface area contributed by atoms with Gasteiger partial charge in [-0.3, -0.25) is 9.52 Å². The number of ether oxygens (including phenoxy) is 2. The molecule has 0 spiro atoms. The zero-order valence-corrected chi connectivity index (χ0v) is 20.5. The molecule has 178 valence electrons. The van der Waals surface area contributed by atoms with Crippen LogP contribution in [0, 0.1) is 13.8 Å². The van der Waals surface area contributed by atoms with Crippen molar-refractivity contribution in [3.8, 4) is 11.5 Å². The highest BCUT2D eigenvalue weighted by atomic mass is 32.2. The second-order valence-corrected chi connectivity index (χ2v) is 10.1. The standard InChI is InChI=1S/C26H28N2O5S/c1-5-32-25-14-20-13-18(4)33-24(20)15-23(25)27-26(29)19-7-9-21(10-8-19)28-34(30,31)22-11-6-16(2)17(3)12-22/h6-12,14-15,18,28H,5,13H2,1-4H3,(H,27,29). The van der Waals surface area contributed by atoms with Crippen LogP contribution in [0.15, 0.2) is 59.5 Å². The van der Waals surface area contributed by atoms with Crippen LogP contribution in [0.1, 0.15) is 40.9 Å². The number of hydrogen-bond donors (Lipinski definition) is 2. The minimum atomic E-state index is -3.74. The topological polar surface area (TPSA) is 93.7 Å². The number of anilines is 2. The Kier molecular flexibility index (Phi) is 6.52. The van der Waals surface area contributed by atoms with E-state index in [2.05, 4.69) is 10.0 Å². The zero-order valence-electron chi connectivity index (χ0n) is 19.6. The predicted octanol–water partition coefficient (Wildman–Crippen LogP) is 5.08. The quantitative estimate of drug-likeness (QED) is 0.492. The van der Waals surface area contributed by atoms with Crippen molar-refractivity contribution >= 4 is 27.3 Å². The third-order valence-corrected chi connectivity index (χ3v) is 7.11. The third-order valence-electron chi connectivity index (χ3n) is 5.73. The number of hydrogen-bond acceptors (Lipinski definition) is 5. The summed E-state index contributed by atoms with van der Waals surface area (Å²) in [6.45, 7) is 8.14. The maximum atomic E-state index is 12.9. The van der Waals surface area contributed by atoms with Gasteiger partial charge in [-0.2, -0.15) is 0 Å². The minimum Gasteiger partial charge on any atom is -0.492 e. The summed E-state index contributed by atoms with van der Waals surface area (Å²) in [4.78, 5) is 13.1. The Hall–Kier alpha value is -3.52. The molecule has 0 bridgehead atoms. The van der Waals surface area contributed by atoms with Crippen LogP contribution >= 0.6 is 0 Å². The smallest absolute Gasteiger partial charge is 0.261 e. The first-order chi connectivity index (χ1) is 16.2. The second kappa shape index (κ2) is 9.38.